The first kappa shape index (κ1) is 14.3. The summed E-state index contributed by atoms with van der Waals surface area (Å²) in [6.07, 6.45) is 1.97. The molecule has 0 spiro atoms. The number of anilines is 1. The standard InChI is InChI=1S/C13H18N4O3/c1-9-4-6-16(7-5-9)13(18)10-2-3-12(17(19)20)11(8-10)15-14/h2-3,8-9,15H,4-7,14H2,1H3. The lowest BCUT2D eigenvalue weighted by atomic mass is 9.98. The highest BCUT2D eigenvalue weighted by Crippen LogP contribution is 2.26. The quantitative estimate of drug-likeness (QED) is 0.498. The highest BCUT2D eigenvalue weighted by atomic mass is 16.6. The Balaban J connectivity index is 2.20. The fourth-order valence-corrected chi connectivity index (χ4v) is 2.34. The molecule has 1 aliphatic heterocycles. The van der Waals surface area contributed by atoms with E-state index in [1.54, 1.807) is 4.90 Å². The van der Waals surface area contributed by atoms with E-state index in [4.69, 9.17) is 5.84 Å². The van der Waals surface area contributed by atoms with Gasteiger partial charge in [0.2, 0.25) is 0 Å². The van der Waals surface area contributed by atoms with Crippen molar-refractivity contribution in [3.8, 4) is 0 Å². The molecule has 0 radical (unpaired) electrons. The smallest absolute Gasteiger partial charge is 0.293 e. The van der Waals surface area contributed by atoms with E-state index < -0.39 is 4.92 Å². The summed E-state index contributed by atoms with van der Waals surface area (Å²) in [4.78, 5) is 24.4. The maximum absolute atomic E-state index is 12.3. The third kappa shape index (κ3) is 2.88. The van der Waals surface area contributed by atoms with Gasteiger partial charge in [-0.05, 0) is 30.9 Å². The third-order valence-corrected chi connectivity index (χ3v) is 3.67. The van der Waals surface area contributed by atoms with E-state index in [2.05, 4.69) is 12.3 Å². The van der Waals surface area contributed by atoms with E-state index in [0.717, 1.165) is 25.9 Å². The molecular formula is C13H18N4O3. The summed E-state index contributed by atoms with van der Waals surface area (Å²) in [5.74, 6) is 5.80. The number of amides is 1. The van der Waals surface area contributed by atoms with Crippen LogP contribution in [0.3, 0.4) is 0 Å². The summed E-state index contributed by atoms with van der Waals surface area (Å²) >= 11 is 0. The number of rotatable bonds is 3. The Kier molecular flexibility index (Phi) is 4.19. The van der Waals surface area contributed by atoms with Crippen LogP contribution in [-0.4, -0.2) is 28.8 Å². The molecule has 1 fully saturated rings. The molecule has 3 N–H and O–H groups in total. The molecule has 0 bridgehead atoms. The summed E-state index contributed by atoms with van der Waals surface area (Å²) in [5.41, 5.74) is 2.69. The monoisotopic (exact) mass is 278 g/mol. The van der Waals surface area contributed by atoms with Crippen LogP contribution in [0.4, 0.5) is 11.4 Å². The van der Waals surface area contributed by atoms with Crippen LogP contribution in [0.25, 0.3) is 0 Å². The zero-order valence-electron chi connectivity index (χ0n) is 11.3. The Morgan fingerprint density at radius 2 is 2.10 bits per heavy atom. The van der Waals surface area contributed by atoms with Crippen LogP contribution in [0.2, 0.25) is 0 Å². The fourth-order valence-electron chi connectivity index (χ4n) is 2.34. The number of hydrogen-bond acceptors (Lipinski definition) is 5. The zero-order chi connectivity index (χ0) is 14.7. The van der Waals surface area contributed by atoms with Crippen LogP contribution < -0.4 is 11.3 Å². The predicted molar refractivity (Wildman–Crippen MR) is 75.2 cm³/mol. The number of hydrogen-bond donors (Lipinski definition) is 2. The third-order valence-electron chi connectivity index (χ3n) is 3.67. The first-order chi connectivity index (χ1) is 9.52. The summed E-state index contributed by atoms with van der Waals surface area (Å²) in [6, 6.07) is 4.20. The average Bonchev–Trinajstić information content (AvgIpc) is 2.46. The molecule has 1 aromatic rings. The highest BCUT2D eigenvalue weighted by Gasteiger charge is 2.23. The lowest BCUT2D eigenvalue weighted by Gasteiger charge is -2.30. The molecule has 1 amide bonds. The van der Waals surface area contributed by atoms with Crippen molar-refractivity contribution in [3.05, 3.63) is 33.9 Å². The second-order valence-corrected chi connectivity index (χ2v) is 5.11. The van der Waals surface area contributed by atoms with Crippen molar-refractivity contribution in [2.45, 2.75) is 19.8 Å². The van der Waals surface area contributed by atoms with Crippen LogP contribution in [-0.2, 0) is 0 Å². The molecular weight excluding hydrogens is 260 g/mol. The van der Waals surface area contributed by atoms with Gasteiger partial charge in [0.05, 0.1) is 4.92 Å². The number of benzene rings is 1. The SMILES string of the molecule is CC1CCN(C(=O)c2ccc([N+](=O)[O-])c(NN)c2)CC1. The van der Waals surface area contributed by atoms with E-state index in [0.29, 0.717) is 11.5 Å². The van der Waals surface area contributed by atoms with Crippen molar-refractivity contribution >= 4 is 17.3 Å². The summed E-state index contributed by atoms with van der Waals surface area (Å²) in [5, 5.41) is 10.8. The number of nitro benzene ring substituents is 1. The zero-order valence-corrected chi connectivity index (χ0v) is 11.3. The number of carbonyl (C=O) groups excluding carboxylic acids is 1. The van der Waals surface area contributed by atoms with Crippen molar-refractivity contribution in [2.75, 3.05) is 18.5 Å². The van der Waals surface area contributed by atoms with Gasteiger partial charge in [-0.2, -0.15) is 0 Å². The number of nitrogen functional groups attached to an aromatic ring is 1. The summed E-state index contributed by atoms with van der Waals surface area (Å²) in [7, 11) is 0. The number of likely N-dealkylation sites (tertiary alicyclic amines) is 1. The molecule has 0 aliphatic carbocycles. The molecule has 0 atom stereocenters. The fraction of sp³-hybridized carbons (Fsp3) is 0.462. The van der Waals surface area contributed by atoms with Gasteiger partial charge in [0.15, 0.2) is 0 Å². The maximum atomic E-state index is 12.3. The number of nitrogens with one attached hydrogen (secondary N) is 1. The summed E-state index contributed by atoms with van der Waals surface area (Å²) in [6.45, 7) is 3.62. The number of hydrazine groups is 1. The van der Waals surface area contributed by atoms with E-state index in [-0.39, 0.29) is 17.3 Å². The summed E-state index contributed by atoms with van der Waals surface area (Å²) < 4.78 is 0. The molecule has 1 aliphatic rings. The molecule has 1 saturated heterocycles. The van der Waals surface area contributed by atoms with Crippen molar-refractivity contribution in [3.63, 3.8) is 0 Å². The molecule has 20 heavy (non-hydrogen) atoms. The van der Waals surface area contributed by atoms with Gasteiger partial charge in [-0.3, -0.25) is 20.8 Å². The minimum absolute atomic E-state index is 0.108. The molecule has 7 heteroatoms. The Morgan fingerprint density at radius 1 is 1.45 bits per heavy atom. The second-order valence-electron chi connectivity index (χ2n) is 5.11. The molecule has 0 aromatic heterocycles. The lowest BCUT2D eigenvalue weighted by Crippen LogP contribution is -2.37. The minimum atomic E-state index is -0.536. The van der Waals surface area contributed by atoms with Crippen molar-refractivity contribution < 1.29 is 9.72 Å². The van der Waals surface area contributed by atoms with Crippen molar-refractivity contribution in [1.82, 2.24) is 4.90 Å². The number of piperidine rings is 1. The molecule has 108 valence electrons. The Hall–Kier alpha value is -2.15. The molecule has 0 unspecified atom stereocenters. The Morgan fingerprint density at radius 3 is 2.65 bits per heavy atom. The molecule has 0 saturated carbocycles. The van der Waals surface area contributed by atoms with Gasteiger partial charge in [-0.1, -0.05) is 6.92 Å². The maximum Gasteiger partial charge on any atom is 0.293 e. The van der Waals surface area contributed by atoms with Gasteiger partial charge in [0.25, 0.3) is 11.6 Å². The van der Waals surface area contributed by atoms with Crippen LogP contribution >= 0.6 is 0 Å². The van der Waals surface area contributed by atoms with Crippen LogP contribution in [0, 0.1) is 16.0 Å². The Labute approximate surface area is 116 Å². The van der Waals surface area contributed by atoms with Crippen molar-refractivity contribution in [1.29, 1.82) is 0 Å². The molecule has 7 nitrogen and oxygen atoms in total. The van der Waals surface area contributed by atoms with Crippen LogP contribution in [0.15, 0.2) is 18.2 Å². The number of nitrogens with two attached hydrogens (primary N) is 1. The number of nitrogens with zero attached hydrogens (tertiary/aromatic N) is 2. The molecule has 2 rings (SSSR count). The lowest BCUT2D eigenvalue weighted by molar-refractivity contribution is -0.384. The van der Waals surface area contributed by atoms with E-state index >= 15 is 0 Å². The normalized spacial score (nSPS) is 16.0. The first-order valence-electron chi connectivity index (χ1n) is 6.57. The van der Waals surface area contributed by atoms with E-state index in [1.165, 1.54) is 18.2 Å². The topological polar surface area (TPSA) is 102 Å². The van der Waals surface area contributed by atoms with Gasteiger partial charge < -0.3 is 10.3 Å². The van der Waals surface area contributed by atoms with Gasteiger partial charge in [-0.15, -0.1) is 0 Å². The predicted octanol–water partition coefficient (Wildman–Crippen LogP) is 1.75. The van der Waals surface area contributed by atoms with E-state index in [1.807, 2.05) is 0 Å². The largest absolute Gasteiger partial charge is 0.339 e. The van der Waals surface area contributed by atoms with Crippen molar-refractivity contribution in [2.24, 2.45) is 11.8 Å². The molecule has 1 heterocycles. The van der Waals surface area contributed by atoms with Crippen LogP contribution in [0.5, 0.6) is 0 Å². The van der Waals surface area contributed by atoms with Gasteiger partial charge in [-0.25, -0.2) is 0 Å². The first-order valence-corrected chi connectivity index (χ1v) is 6.57. The number of nitro groups is 1. The van der Waals surface area contributed by atoms with E-state index in [9.17, 15) is 14.9 Å². The van der Waals surface area contributed by atoms with Gasteiger partial charge >= 0.3 is 0 Å². The second kappa shape index (κ2) is 5.87. The molecule has 1 aromatic carbocycles. The van der Waals surface area contributed by atoms with Gasteiger partial charge in [0, 0.05) is 24.7 Å². The minimum Gasteiger partial charge on any atom is -0.339 e. The average molecular weight is 278 g/mol. The number of carbonyl (C=O) groups is 1. The Bertz CT molecular complexity index is 524. The highest BCUT2D eigenvalue weighted by molar-refractivity contribution is 5.96. The van der Waals surface area contributed by atoms with Gasteiger partial charge in [0.1, 0.15) is 5.69 Å². The van der Waals surface area contributed by atoms with Crippen LogP contribution in [0.1, 0.15) is 30.1 Å².